The van der Waals surface area contributed by atoms with Gasteiger partial charge in [0.2, 0.25) is 0 Å². The minimum atomic E-state index is 0.104. The van der Waals surface area contributed by atoms with E-state index in [9.17, 15) is 4.79 Å². The number of nitriles is 1. The summed E-state index contributed by atoms with van der Waals surface area (Å²) in [6, 6.07) is 1.91. The van der Waals surface area contributed by atoms with Gasteiger partial charge in [0.15, 0.2) is 0 Å². The minimum Gasteiger partial charge on any atom is -0.299 e. The van der Waals surface area contributed by atoms with Gasteiger partial charge in [-0.05, 0) is 12.3 Å². The number of carbonyl (C=O) groups excluding carboxylic acids is 1. The first kappa shape index (κ1) is 10.2. The summed E-state index contributed by atoms with van der Waals surface area (Å²) in [5.41, 5.74) is 0. The third-order valence-corrected chi connectivity index (χ3v) is 2.83. The van der Waals surface area contributed by atoms with Gasteiger partial charge in [-0.1, -0.05) is 32.1 Å². The Hall–Kier alpha value is -0.840. The van der Waals surface area contributed by atoms with Gasteiger partial charge in [0.25, 0.3) is 0 Å². The summed E-state index contributed by atoms with van der Waals surface area (Å²) >= 11 is 0. The smallest absolute Gasteiger partial charge is 0.146 e. The van der Waals surface area contributed by atoms with E-state index in [2.05, 4.69) is 0 Å². The van der Waals surface area contributed by atoms with Crippen LogP contribution in [0.2, 0.25) is 0 Å². The fourth-order valence-corrected chi connectivity index (χ4v) is 2.02. The highest BCUT2D eigenvalue weighted by Crippen LogP contribution is 2.27. The van der Waals surface area contributed by atoms with E-state index in [0.717, 1.165) is 12.3 Å². The molecule has 0 atom stereocenters. The molecule has 0 heterocycles. The molecule has 2 heteroatoms. The normalized spacial score (nSPS) is 18.1. The van der Waals surface area contributed by atoms with Crippen LogP contribution in [0.25, 0.3) is 0 Å². The molecule has 0 aliphatic heterocycles. The van der Waals surface area contributed by atoms with E-state index in [0.29, 0.717) is 6.42 Å². The molecular weight excluding hydrogens is 162 g/mol. The van der Waals surface area contributed by atoms with Gasteiger partial charge in [-0.15, -0.1) is 0 Å². The van der Waals surface area contributed by atoms with E-state index in [1.807, 2.05) is 6.07 Å². The second-order valence-corrected chi connectivity index (χ2v) is 3.92. The first-order chi connectivity index (χ1) is 6.33. The molecule has 72 valence electrons. The van der Waals surface area contributed by atoms with Crippen LogP contribution in [0.4, 0.5) is 0 Å². The van der Waals surface area contributed by atoms with Crippen molar-refractivity contribution in [2.45, 2.75) is 51.4 Å². The molecule has 0 saturated heterocycles. The van der Waals surface area contributed by atoms with E-state index in [1.54, 1.807) is 0 Å². The second-order valence-electron chi connectivity index (χ2n) is 3.92. The third kappa shape index (κ3) is 4.07. The van der Waals surface area contributed by atoms with Crippen LogP contribution >= 0.6 is 0 Å². The number of hydrogen-bond donors (Lipinski definition) is 0. The lowest BCUT2D eigenvalue weighted by atomic mass is 9.85. The van der Waals surface area contributed by atoms with Crippen LogP contribution in [-0.4, -0.2) is 5.78 Å². The Balaban J connectivity index is 2.10. The van der Waals surface area contributed by atoms with Crippen LogP contribution in [0.1, 0.15) is 51.4 Å². The van der Waals surface area contributed by atoms with E-state index in [-0.39, 0.29) is 12.2 Å². The molecule has 1 saturated carbocycles. The van der Waals surface area contributed by atoms with Crippen molar-refractivity contribution in [1.82, 2.24) is 0 Å². The molecule has 0 N–H and O–H groups in total. The molecular formula is C11H17NO. The van der Waals surface area contributed by atoms with Crippen molar-refractivity contribution in [2.75, 3.05) is 0 Å². The van der Waals surface area contributed by atoms with Gasteiger partial charge < -0.3 is 0 Å². The van der Waals surface area contributed by atoms with Crippen LogP contribution < -0.4 is 0 Å². The van der Waals surface area contributed by atoms with Gasteiger partial charge in [-0.25, -0.2) is 0 Å². The van der Waals surface area contributed by atoms with Crippen molar-refractivity contribution >= 4 is 5.78 Å². The van der Waals surface area contributed by atoms with Crippen LogP contribution in [0, 0.1) is 17.2 Å². The Morgan fingerprint density at radius 2 is 2.00 bits per heavy atom. The highest BCUT2D eigenvalue weighted by Gasteiger charge is 2.14. The summed E-state index contributed by atoms with van der Waals surface area (Å²) in [6.45, 7) is 0. The zero-order valence-corrected chi connectivity index (χ0v) is 8.09. The van der Waals surface area contributed by atoms with Gasteiger partial charge in [0.1, 0.15) is 5.78 Å². The summed E-state index contributed by atoms with van der Waals surface area (Å²) in [6.07, 6.45) is 8.35. The van der Waals surface area contributed by atoms with Crippen LogP contribution in [0.3, 0.4) is 0 Å². The predicted molar refractivity (Wildman–Crippen MR) is 51.0 cm³/mol. The first-order valence-corrected chi connectivity index (χ1v) is 5.21. The van der Waals surface area contributed by atoms with Crippen molar-refractivity contribution in [1.29, 1.82) is 5.26 Å². The van der Waals surface area contributed by atoms with Gasteiger partial charge in [0.05, 0.1) is 12.5 Å². The van der Waals surface area contributed by atoms with Gasteiger partial charge in [0, 0.05) is 6.42 Å². The van der Waals surface area contributed by atoms with Gasteiger partial charge in [-0.2, -0.15) is 5.26 Å². The zero-order chi connectivity index (χ0) is 9.52. The fraction of sp³-hybridized carbons (Fsp3) is 0.818. The van der Waals surface area contributed by atoms with Crippen molar-refractivity contribution in [2.24, 2.45) is 5.92 Å². The fourth-order valence-electron chi connectivity index (χ4n) is 2.02. The summed E-state index contributed by atoms with van der Waals surface area (Å²) < 4.78 is 0. The van der Waals surface area contributed by atoms with Crippen LogP contribution in [-0.2, 0) is 4.79 Å². The molecule has 0 spiro atoms. The minimum absolute atomic E-state index is 0.104. The Bertz CT molecular complexity index is 199. The molecule has 0 aromatic rings. The highest BCUT2D eigenvalue weighted by atomic mass is 16.1. The lowest BCUT2D eigenvalue weighted by molar-refractivity contribution is -0.118. The van der Waals surface area contributed by atoms with Crippen molar-refractivity contribution in [3.63, 3.8) is 0 Å². The Morgan fingerprint density at radius 3 is 2.62 bits per heavy atom. The van der Waals surface area contributed by atoms with Crippen molar-refractivity contribution < 1.29 is 4.79 Å². The largest absolute Gasteiger partial charge is 0.299 e. The molecule has 0 bridgehead atoms. The standard InChI is InChI=1S/C11H17NO/c12-9-8-11(13)7-6-10-4-2-1-3-5-10/h10H,1-8H2. The summed E-state index contributed by atoms with van der Waals surface area (Å²) in [5.74, 6) is 0.879. The maximum absolute atomic E-state index is 11.1. The van der Waals surface area contributed by atoms with Gasteiger partial charge >= 0.3 is 0 Å². The predicted octanol–water partition coefficient (Wildman–Crippen LogP) is 2.83. The topological polar surface area (TPSA) is 40.9 Å². The lowest BCUT2D eigenvalue weighted by Crippen LogP contribution is -2.08. The molecule has 1 fully saturated rings. The monoisotopic (exact) mass is 179 g/mol. The Morgan fingerprint density at radius 1 is 1.31 bits per heavy atom. The number of hydrogen-bond acceptors (Lipinski definition) is 2. The van der Waals surface area contributed by atoms with E-state index >= 15 is 0 Å². The molecule has 0 unspecified atom stereocenters. The maximum atomic E-state index is 11.1. The number of rotatable bonds is 4. The number of nitrogens with zero attached hydrogens (tertiary/aromatic N) is 1. The van der Waals surface area contributed by atoms with E-state index < -0.39 is 0 Å². The molecule has 0 aromatic carbocycles. The molecule has 0 amide bonds. The molecule has 0 aromatic heterocycles. The Kier molecular flexibility index (Phi) is 4.53. The first-order valence-electron chi connectivity index (χ1n) is 5.21. The second kappa shape index (κ2) is 5.75. The number of Topliss-reactive ketones (excluding diaryl/α,β-unsaturated/α-hetero) is 1. The molecule has 13 heavy (non-hydrogen) atoms. The third-order valence-electron chi connectivity index (χ3n) is 2.83. The number of carbonyl (C=O) groups is 1. The van der Waals surface area contributed by atoms with Crippen LogP contribution in [0.5, 0.6) is 0 Å². The van der Waals surface area contributed by atoms with E-state index in [1.165, 1.54) is 32.1 Å². The SMILES string of the molecule is N#CCC(=O)CCC1CCCCC1. The quantitative estimate of drug-likeness (QED) is 0.665. The van der Waals surface area contributed by atoms with Crippen molar-refractivity contribution in [3.8, 4) is 6.07 Å². The van der Waals surface area contributed by atoms with E-state index in [4.69, 9.17) is 5.26 Å². The molecule has 1 rings (SSSR count). The molecule has 2 nitrogen and oxygen atoms in total. The van der Waals surface area contributed by atoms with Crippen LogP contribution in [0.15, 0.2) is 0 Å². The number of ketones is 1. The van der Waals surface area contributed by atoms with Gasteiger partial charge in [-0.3, -0.25) is 4.79 Å². The lowest BCUT2D eigenvalue weighted by Gasteiger charge is -2.20. The molecule has 0 radical (unpaired) electrons. The Labute approximate surface area is 79.9 Å². The molecule has 1 aliphatic rings. The van der Waals surface area contributed by atoms with Crippen molar-refractivity contribution in [3.05, 3.63) is 0 Å². The summed E-state index contributed by atoms with van der Waals surface area (Å²) in [7, 11) is 0. The summed E-state index contributed by atoms with van der Waals surface area (Å²) in [5, 5.41) is 8.30. The average molecular weight is 179 g/mol. The highest BCUT2D eigenvalue weighted by molar-refractivity contribution is 5.80. The maximum Gasteiger partial charge on any atom is 0.146 e. The summed E-state index contributed by atoms with van der Waals surface area (Å²) in [4.78, 5) is 11.1. The average Bonchev–Trinajstić information content (AvgIpc) is 2.17. The zero-order valence-electron chi connectivity index (χ0n) is 8.09. The molecule has 1 aliphatic carbocycles.